The average molecular weight is 500 g/mol. The summed E-state index contributed by atoms with van der Waals surface area (Å²) in [5.74, 6) is -0.796. The van der Waals surface area contributed by atoms with Gasteiger partial charge in [-0.3, -0.25) is 4.55 Å². The van der Waals surface area contributed by atoms with Crippen molar-refractivity contribution in [3.8, 4) is 5.75 Å². The number of anilines is 1. The first-order valence-electron chi connectivity index (χ1n) is 10.9. The maximum Gasteiger partial charge on any atom is 0.417 e. The number of fused-ring (bicyclic) bond motifs is 2. The van der Waals surface area contributed by atoms with Gasteiger partial charge in [-0.15, -0.1) is 0 Å². The number of ketones is 1. The molecule has 0 fully saturated rings. The predicted octanol–water partition coefficient (Wildman–Crippen LogP) is 5.56. The van der Waals surface area contributed by atoms with Crippen LogP contribution in [0.1, 0.15) is 57.6 Å². The van der Waals surface area contributed by atoms with Gasteiger partial charge < -0.3 is 14.4 Å². The number of rotatable bonds is 8. The van der Waals surface area contributed by atoms with Crippen LogP contribution in [-0.4, -0.2) is 42.8 Å². The molecule has 1 aromatic carbocycles. The second-order valence-electron chi connectivity index (χ2n) is 9.20. The maximum absolute atomic E-state index is 13.7. The van der Waals surface area contributed by atoms with E-state index in [0.717, 1.165) is 25.3 Å². The molecule has 0 aromatic heterocycles. The van der Waals surface area contributed by atoms with Gasteiger partial charge in [-0.05, 0) is 51.3 Å². The van der Waals surface area contributed by atoms with E-state index in [4.69, 9.17) is 4.74 Å². The lowest BCUT2D eigenvalue weighted by molar-refractivity contribution is -0.117. The highest BCUT2D eigenvalue weighted by molar-refractivity contribution is 7.86. The number of allylic oxidation sites excluding steroid dienone is 2. The van der Waals surface area contributed by atoms with E-state index < -0.39 is 33.2 Å². The molecule has 3 rings (SSSR count). The fraction of sp³-hybridized carbons (Fsp3) is 0.458. The third kappa shape index (κ3) is 5.90. The minimum absolute atomic E-state index is 0.0240. The Morgan fingerprint density at radius 1 is 1.18 bits per heavy atom. The smallest absolute Gasteiger partial charge is 0.417 e. The minimum Gasteiger partial charge on any atom is -0.457 e. The molecule has 1 aromatic rings. The zero-order valence-electron chi connectivity index (χ0n) is 19.3. The van der Waals surface area contributed by atoms with E-state index in [9.17, 15) is 30.9 Å². The van der Waals surface area contributed by atoms with Crippen LogP contribution < -0.4 is 9.64 Å². The predicted molar refractivity (Wildman–Crippen MR) is 125 cm³/mol. The SMILES string of the molecule is C=C1C=C(C(F)(F)F)c2cc3c(cc2O1)N(CCCCCC(C)=O)C(C)(C)C=C3CS(=O)(=O)O. The number of alkyl halides is 3. The number of carbonyl (C=O) groups excluding carboxylic acids is 1. The Labute approximate surface area is 197 Å². The van der Waals surface area contributed by atoms with Gasteiger partial charge in [0.25, 0.3) is 10.1 Å². The van der Waals surface area contributed by atoms with Gasteiger partial charge in [-0.2, -0.15) is 21.6 Å². The van der Waals surface area contributed by atoms with Gasteiger partial charge in [0.2, 0.25) is 0 Å². The molecule has 0 spiro atoms. The van der Waals surface area contributed by atoms with Crippen LogP contribution in [0.15, 0.2) is 36.6 Å². The molecule has 34 heavy (non-hydrogen) atoms. The number of hydrogen-bond donors (Lipinski definition) is 1. The molecule has 10 heteroatoms. The summed E-state index contributed by atoms with van der Waals surface area (Å²) in [5, 5.41) is 0. The Morgan fingerprint density at radius 3 is 2.44 bits per heavy atom. The lowest BCUT2D eigenvalue weighted by Crippen LogP contribution is -2.46. The first-order valence-corrected chi connectivity index (χ1v) is 12.5. The van der Waals surface area contributed by atoms with E-state index in [-0.39, 0.29) is 34.0 Å². The van der Waals surface area contributed by atoms with E-state index in [1.807, 2.05) is 18.7 Å². The van der Waals surface area contributed by atoms with Crippen molar-refractivity contribution in [2.24, 2.45) is 0 Å². The Balaban J connectivity index is 2.09. The quantitative estimate of drug-likeness (QED) is 0.373. The number of unbranched alkanes of at least 4 members (excludes halogenated alkanes) is 2. The van der Waals surface area contributed by atoms with Gasteiger partial charge in [0.05, 0.1) is 11.1 Å². The molecule has 0 saturated carbocycles. The Morgan fingerprint density at radius 2 is 1.85 bits per heavy atom. The molecule has 0 saturated heterocycles. The van der Waals surface area contributed by atoms with E-state index in [0.29, 0.717) is 18.7 Å². The summed E-state index contributed by atoms with van der Waals surface area (Å²) >= 11 is 0. The van der Waals surface area contributed by atoms with Crippen LogP contribution in [0.5, 0.6) is 5.75 Å². The molecule has 1 N–H and O–H groups in total. The highest BCUT2D eigenvalue weighted by atomic mass is 32.2. The second-order valence-corrected chi connectivity index (χ2v) is 10.7. The summed E-state index contributed by atoms with van der Waals surface area (Å²) in [7, 11) is -4.44. The average Bonchev–Trinajstić information content (AvgIpc) is 2.65. The van der Waals surface area contributed by atoms with Crippen LogP contribution in [0.2, 0.25) is 0 Å². The molecule has 0 radical (unpaired) electrons. The largest absolute Gasteiger partial charge is 0.457 e. The normalized spacial score (nSPS) is 17.4. The Hall–Kier alpha value is -2.59. The van der Waals surface area contributed by atoms with Crippen LogP contribution in [0.4, 0.5) is 18.9 Å². The van der Waals surface area contributed by atoms with Crippen LogP contribution in [0.3, 0.4) is 0 Å². The summed E-state index contributed by atoms with van der Waals surface area (Å²) in [5.41, 5.74) is -0.854. The summed E-state index contributed by atoms with van der Waals surface area (Å²) in [6.45, 7) is 9.29. The van der Waals surface area contributed by atoms with Crippen LogP contribution in [0.25, 0.3) is 11.1 Å². The third-order valence-electron chi connectivity index (χ3n) is 5.85. The molecule has 0 amide bonds. The standard InChI is InChI=1S/C24H28F3NO5S/c1-15(29)8-6-5-7-9-28-21-12-22-19(20(24(25,26)27)10-16(2)33-22)11-18(21)17(13-23(28,3)4)14-34(30,31)32/h10-13H,2,5-9,14H2,1,3-4H3,(H,30,31,32). The first-order chi connectivity index (χ1) is 15.6. The fourth-order valence-electron chi connectivity index (χ4n) is 4.43. The molecule has 2 aliphatic heterocycles. The summed E-state index contributed by atoms with van der Waals surface area (Å²) in [6, 6.07) is 2.74. The molecular weight excluding hydrogens is 471 g/mol. The number of carbonyl (C=O) groups is 1. The van der Waals surface area contributed by atoms with Crippen molar-refractivity contribution in [3.05, 3.63) is 47.7 Å². The van der Waals surface area contributed by atoms with E-state index in [1.54, 1.807) is 6.08 Å². The monoisotopic (exact) mass is 499 g/mol. The second kappa shape index (κ2) is 9.22. The van der Waals surface area contributed by atoms with Gasteiger partial charge in [0.1, 0.15) is 23.0 Å². The maximum atomic E-state index is 13.7. The molecule has 0 bridgehead atoms. The topological polar surface area (TPSA) is 83.9 Å². The number of benzene rings is 1. The molecule has 6 nitrogen and oxygen atoms in total. The van der Waals surface area contributed by atoms with Crippen molar-refractivity contribution in [1.29, 1.82) is 0 Å². The zero-order valence-corrected chi connectivity index (χ0v) is 20.1. The Kier molecular flexibility index (Phi) is 7.06. The van der Waals surface area contributed by atoms with Gasteiger partial charge >= 0.3 is 6.18 Å². The summed E-state index contributed by atoms with van der Waals surface area (Å²) < 4.78 is 79.6. The highest BCUT2D eigenvalue weighted by Crippen LogP contribution is 2.49. The lowest BCUT2D eigenvalue weighted by atomic mass is 9.86. The fourth-order valence-corrected chi connectivity index (χ4v) is 5.06. The number of hydrogen-bond acceptors (Lipinski definition) is 5. The lowest BCUT2D eigenvalue weighted by Gasteiger charge is -2.44. The van der Waals surface area contributed by atoms with Crippen molar-refractivity contribution >= 4 is 32.7 Å². The van der Waals surface area contributed by atoms with Crippen molar-refractivity contribution in [2.75, 3.05) is 17.2 Å². The molecule has 0 atom stereocenters. The molecule has 2 aliphatic rings. The first kappa shape index (κ1) is 26.0. The van der Waals surface area contributed by atoms with Crippen molar-refractivity contribution in [2.45, 2.75) is 58.2 Å². The number of nitrogens with zero attached hydrogens (tertiary/aromatic N) is 1. The molecular formula is C24H28F3NO5S. The van der Waals surface area contributed by atoms with Crippen molar-refractivity contribution in [1.82, 2.24) is 0 Å². The van der Waals surface area contributed by atoms with Gasteiger partial charge in [-0.25, -0.2) is 0 Å². The van der Waals surface area contributed by atoms with Gasteiger partial charge in [0.15, 0.2) is 0 Å². The van der Waals surface area contributed by atoms with Crippen molar-refractivity contribution < 1.29 is 35.7 Å². The van der Waals surface area contributed by atoms with E-state index in [1.165, 1.54) is 19.1 Å². The van der Waals surface area contributed by atoms with E-state index >= 15 is 0 Å². The molecule has 186 valence electrons. The van der Waals surface area contributed by atoms with Crippen LogP contribution in [0, 0.1) is 0 Å². The highest BCUT2D eigenvalue weighted by Gasteiger charge is 2.41. The number of Topliss-reactive ketones (excluding diaryl/α,β-unsaturated/α-hetero) is 1. The zero-order chi connectivity index (χ0) is 25.5. The molecule has 2 heterocycles. The third-order valence-corrected chi connectivity index (χ3v) is 6.52. The number of ether oxygens (including phenoxy) is 1. The molecule has 0 unspecified atom stereocenters. The summed E-state index contributed by atoms with van der Waals surface area (Å²) in [6.07, 6.45) is 0.498. The van der Waals surface area contributed by atoms with Crippen LogP contribution >= 0.6 is 0 Å². The molecule has 0 aliphatic carbocycles. The Bertz CT molecular complexity index is 1180. The summed E-state index contributed by atoms with van der Waals surface area (Å²) in [4.78, 5) is 13.2. The van der Waals surface area contributed by atoms with Gasteiger partial charge in [0, 0.05) is 35.8 Å². The van der Waals surface area contributed by atoms with Crippen LogP contribution in [-0.2, 0) is 14.9 Å². The minimum atomic E-state index is -4.67. The van der Waals surface area contributed by atoms with Gasteiger partial charge in [-0.1, -0.05) is 19.1 Å². The van der Waals surface area contributed by atoms with E-state index in [2.05, 4.69) is 6.58 Å². The van der Waals surface area contributed by atoms with Crippen molar-refractivity contribution in [3.63, 3.8) is 0 Å². The number of halogens is 3.